The number of para-hydroxylation sites is 2. The molecule has 0 unspecified atom stereocenters. The highest BCUT2D eigenvalue weighted by atomic mass is 16.6. The van der Waals surface area contributed by atoms with E-state index in [4.69, 9.17) is 19.5 Å². The highest BCUT2D eigenvalue weighted by molar-refractivity contribution is 5.96. The van der Waals surface area contributed by atoms with Crippen LogP contribution >= 0.6 is 0 Å². The molecule has 1 N–H and O–H groups in total. The second-order valence-electron chi connectivity index (χ2n) is 5.25. The molecular weight excluding hydrogens is 336 g/mol. The molecule has 2 rings (SSSR count). The van der Waals surface area contributed by atoms with Crippen molar-refractivity contribution in [3.8, 4) is 17.6 Å². The zero-order chi connectivity index (χ0) is 18.9. The molecule has 0 fully saturated rings. The van der Waals surface area contributed by atoms with Crippen molar-refractivity contribution in [2.24, 2.45) is 0 Å². The topological polar surface area (TPSA) is 97.7 Å². The van der Waals surface area contributed by atoms with Gasteiger partial charge in [-0.3, -0.25) is 4.79 Å². The molecule has 0 radical (unpaired) electrons. The predicted molar refractivity (Wildman–Crippen MR) is 93.8 cm³/mol. The lowest BCUT2D eigenvalue weighted by atomic mass is 10.2. The van der Waals surface area contributed by atoms with Crippen LogP contribution in [0.2, 0.25) is 0 Å². The van der Waals surface area contributed by atoms with E-state index in [0.29, 0.717) is 22.7 Å². The van der Waals surface area contributed by atoms with Gasteiger partial charge in [0.05, 0.1) is 24.4 Å². The lowest BCUT2D eigenvalue weighted by Gasteiger charge is -2.15. The Morgan fingerprint density at radius 3 is 2.50 bits per heavy atom. The molecule has 134 valence electrons. The van der Waals surface area contributed by atoms with Gasteiger partial charge >= 0.3 is 5.97 Å². The molecule has 2 aromatic carbocycles. The van der Waals surface area contributed by atoms with Gasteiger partial charge in [0.1, 0.15) is 11.5 Å². The van der Waals surface area contributed by atoms with Crippen molar-refractivity contribution in [3.05, 3.63) is 54.1 Å². The second-order valence-corrected chi connectivity index (χ2v) is 5.25. The summed E-state index contributed by atoms with van der Waals surface area (Å²) in [6.07, 6.45) is -1.00. The fourth-order valence-electron chi connectivity index (χ4n) is 2.03. The Bertz CT molecular complexity index is 811. The number of carbonyl (C=O) groups is 2. The number of benzene rings is 2. The van der Waals surface area contributed by atoms with Gasteiger partial charge < -0.3 is 19.5 Å². The minimum absolute atomic E-state index is 0.349. The monoisotopic (exact) mass is 354 g/mol. The lowest BCUT2D eigenvalue weighted by Crippen LogP contribution is -2.31. The molecule has 0 aliphatic carbocycles. The van der Waals surface area contributed by atoms with Gasteiger partial charge in [-0.15, -0.1) is 0 Å². The van der Waals surface area contributed by atoms with Crippen LogP contribution < -0.4 is 14.8 Å². The first-order chi connectivity index (χ1) is 12.5. The number of rotatable bonds is 7. The van der Waals surface area contributed by atoms with E-state index in [1.165, 1.54) is 14.0 Å². The van der Waals surface area contributed by atoms with Crippen LogP contribution in [0, 0.1) is 11.3 Å². The van der Waals surface area contributed by atoms with Gasteiger partial charge in [-0.1, -0.05) is 12.1 Å². The molecule has 2 aromatic rings. The fourth-order valence-corrected chi connectivity index (χ4v) is 2.03. The molecule has 26 heavy (non-hydrogen) atoms. The largest absolute Gasteiger partial charge is 0.495 e. The first-order valence-corrected chi connectivity index (χ1v) is 7.80. The molecule has 0 aliphatic rings. The van der Waals surface area contributed by atoms with Crippen molar-refractivity contribution in [1.82, 2.24) is 0 Å². The summed E-state index contributed by atoms with van der Waals surface area (Å²) in [7, 11) is 1.49. The maximum atomic E-state index is 12.1. The third-order valence-electron chi connectivity index (χ3n) is 3.38. The average molecular weight is 354 g/mol. The molecule has 7 heteroatoms. The van der Waals surface area contributed by atoms with Gasteiger partial charge in [0.25, 0.3) is 5.91 Å². The summed E-state index contributed by atoms with van der Waals surface area (Å²) in [4.78, 5) is 24.0. The van der Waals surface area contributed by atoms with E-state index >= 15 is 0 Å². The van der Waals surface area contributed by atoms with Crippen LogP contribution in [0.3, 0.4) is 0 Å². The number of nitrogens with one attached hydrogen (secondary N) is 1. The molecule has 0 heterocycles. The number of amides is 1. The standard InChI is InChI=1S/C19H18N2O5/c1-13(19(23)21-16-5-3-4-6-17(16)24-2)26-18(22)12-25-15-9-7-14(11-20)8-10-15/h3-10,13H,12H2,1-2H3,(H,21,23)/t13-/m0/s1. The van der Waals surface area contributed by atoms with Crippen LogP contribution in [0.5, 0.6) is 11.5 Å². The number of hydrogen-bond donors (Lipinski definition) is 1. The zero-order valence-electron chi connectivity index (χ0n) is 14.4. The first-order valence-electron chi connectivity index (χ1n) is 7.80. The first kappa shape index (κ1) is 18.8. The second kappa shape index (κ2) is 9.08. The molecule has 0 spiro atoms. The average Bonchev–Trinajstić information content (AvgIpc) is 2.67. The molecule has 0 saturated heterocycles. The maximum Gasteiger partial charge on any atom is 0.344 e. The quantitative estimate of drug-likeness (QED) is 0.767. The van der Waals surface area contributed by atoms with Gasteiger partial charge in [0.15, 0.2) is 12.7 Å². The molecule has 1 amide bonds. The van der Waals surface area contributed by atoms with Crippen molar-refractivity contribution >= 4 is 17.6 Å². The molecule has 0 aliphatic heterocycles. The fraction of sp³-hybridized carbons (Fsp3) is 0.211. The van der Waals surface area contributed by atoms with Crippen LogP contribution in [0.15, 0.2) is 48.5 Å². The Kier molecular flexibility index (Phi) is 6.57. The molecule has 1 atom stereocenters. The van der Waals surface area contributed by atoms with E-state index < -0.39 is 18.0 Å². The summed E-state index contributed by atoms with van der Waals surface area (Å²) >= 11 is 0. The minimum Gasteiger partial charge on any atom is -0.495 e. The SMILES string of the molecule is COc1ccccc1NC(=O)[C@H](C)OC(=O)COc1ccc(C#N)cc1. The van der Waals surface area contributed by atoms with Gasteiger partial charge in [0, 0.05) is 0 Å². The van der Waals surface area contributed by atoms with Crippen LogP contribution in [0.25, 0.3) is 0 Å². The maximum absolute atomic E-state index is 12.1. The predicted octanol–water partition coefficient (Wildman–Crippen LogP) is 2.52. The summed E-state index contributed by atoms with van der Waals surface area (Å²) in [6, 6.07) is 15.2. The van der Waals surface area contributed by atoms with Crippen molar-refractivity contribution in [2.45, 2.75) is 13.0 Å². The summed E-state index contributed by atoms with van der Waals surface area (Å²) < 4.78 is 15.5. The summed E-state index contributed by atoms with van der Waals surface area (Å²) in [5.74, 6) is -0.242. The van der Waals surface area contributed by atoms with E-state index in [9.17, 15) is 9.59 Å². The molecule has 0 saturated carbocycles. The normalized spacial score (nSPS) is 11.0. The third-order valence-corrected chi connectivity index (χ3v) is 3.38. The number of methoxy groups -OCH3 is 1. The van der Waals surface area contributed by atoms with Gasteiger partial charge in [-0.25, -0.2) is 4.79 Å². The van der Waals surface area contributed by atoms with Crippen molar-refractivity contribution in [2.75, 3.05) is 19.0 Å². The summed E-state index contributed by atoms with van der Waals surface area (Å²) in [5.41, 5.74) is 0.971. The van der Waals surface area contributed by atoms with E-state index in [-0.39, 0.29) is 6.61 Å². The number of carbonyl (C=O) groups excluding carboxylic acids is 2. The molecule has 0 bridgehead atoms. The van der Waals surface area contributed by atoms with E-state index in [1.807, 2.05) is 6.07 Å². The number of nitrogens with zero attached hydrogens (tertiary/aromatic N) is 1. The van der Waals surface area contributed by atoms with Gasteiger partial charge in [-0.05, 0) is 43.3 Å². The van der Waals surface area contributed by atoms with E-state index in [0.717, 1.165) is 0 Å². The highest BCUT2D eigenvalue weighted by Gasteiger charge is 2.19. The van der Waals surface area contributed by atoms with Crippen LogP contribution in [-0.4, -0.2) is 31.7 Å². The smallest absolute Gasteiger partial charge is 0.344 e. The Labute approximate surface area is 151 Å². The number of esters is 1. The van der Waals surface area contributed by atoms with Crippen molar-refractivity contribution < 1.29 is 23.8 Å². The van der Waals surface area contributed by atoms with E-state index in [2.05, 4.69) is 5.32 Å². The van der Waals surface area contributed by atoms with Crippen LogP contribution in [0.1, 0.15) is 12.5 Å². The van der Waals surface area contributed by atoms with E-state index in [1.54, 1.807) is 48.5 Å². The Morgan fingerprint density at radius 1 is 1.15 bits per heavy atom. The van der Waals surface area contributed by atoms with Crippen molar-refractivity contribution in [1.29, 1.82) is 5.26 Å². The highest BCUT2D eigenvalue weighted by Crippen LogP contribution is 2.23. The number of hydrogen-bond acceptors (Lipinski definition) is 6. The number of ether oxygens (including phenoxy) is 3. The lowest BCUT2D eigenvalue weighted by molar-refractivity contribution is -0.155. The summed E-state index contributed by atoms with van der Waals surface area (Å²) in [6.45, 7) is 1.11. The Balaban J connectivity index is 1.83. The Morgan fingerprint density at radius 2 is 1.85 bits per heavy atom. The number of nitriles is 1. The molecule has 7 nitrogen and oxygen atoms in total. The Hall–Kier alpha value is -3.53. The minimum atomic E-state index is -1.00. The van der Waals surface area contributed by atoms with Crippen LogP contribution in [0.4, 0.5) is 5.69 Å². The third kappa shape index (κ3) is 5.24. The number of anilines is 1. The zero-order valence-corrected chi connectivity index (χ0v) is 14.4. The van der Waals surface area contributed by atoms with Gasteiger partial charge in [0.2, 0.25) is 0 Å². The van der Waals surface area contributed by atoms with Crippen molar-refractivity contribution in [3.63, 3.8) is 0 Å². The van der Waals surface area contributed by atoms with Crippen LogP contribution in [-0.2, 0) is 14.3 Å². The van der Waals surface area contributed by atoms with Gasteiger partial charge in [-0.2, -0.15) is 5.26 Å². The summed E-state index contributed by atoms with van der Waals surface area (Å²) in [5, 5.41) is 11.4. The molecular formula is C19H18N2O5. The molecule has 0 aromatic heterocycles.